The minimum atomic E-state index is -1.17. The molecule has 0 bridgehead atoms. The van der Waals surface area contributed by atoms with Gasteiger partial charge in [0, 0.05) is 6.61 Å². The van der Waals surface area contributed by atoms with E-state index < -0.39 is 41.5 Å². The summed E-state index contributed by atoms with van der Waals surface area (Å²) in [6, 6.07) is 7.01. The quantitative estimate of drug-likeness (QED) is 0.374. The second-order valence-electron chi connectivity index (χ2n) is 9.22. The number of rotatable bonds is 14. The Morgan fingerprint density at radius 3 is 2.33 bits per heavy atom. The van der Waals surface area contributed by atoms with Crippen LogP contribution < -0.4 is 16.4 Å². The predicted octanol–water partition coefficient (Wildman–Crippen LogP) is 2.54. The van der Waals surface area contributed by atoms with Crippen molar-refractivity contribution in [2.24, 2.45) is 11.8 Å². The van der Waals surface area contributed by atoms with E-state index in [0.717, 1.165) is 10.2 Å². The lowest BCUT2D eigenvalue weighted by atomic mass is 10.0. The lowest BCUT2D eigenvalue weighted by Gasteiger charge is -2.23. The number of amides is 2. The molecule has 0 saturated heterocycles. The van der Waals surface area contributed by atoms with Crippen LogP contribution in [-0.4, -0.2) is 52.9 Å². The number of ketones is 1. The molecule has 0 spiro atoms. The van der Waals surface area contributed by atoms with Crippen LogP contribution in [0.4, 0.5) is 4.79 Å². The zero-order valence-corrected chi connectivity index (χ0v) is 21.5. The number of hydrogen-bond donors (Lipinski definition) is 2. The first-order valence-electron chi connectivity index (χ1n) is 12.1. The molecule has 0 unspecified atom stereocenters. The van der Waals surface area contributed by atoms with Crippen molar-refractivity contribution in [1.82, 2.24) is 20.4 Å². The molecule has 11 heteroatoms. The van der Waals surface area contributed by atoms with Gasteiger partial charge in [0.1, 0.15) is 18.7 Å². The molecular weight excluding hydrogens is 468 g/mol. The highest BCUT2D eigenvalue weighted by Crippen LogP contribution is 2.09. The highest BCUT2D eigenvalue weighted by Gasteiger charge is 2.31. The maximum Gasteiger partial charge on any atom is 0.437 e. The van der Waals surface area contributed by atoms with E-state index in [0.29, 0.717) is 13.0 Å². The number of benzene rings is 1. The second-order valence-corrected chi connectivity index (χ2v) is 9.22. The fourth-order valence-corrected chi connectivity index (χ4v) is 3.32. The first-order chi connectivity index (χ1) is 17.1. The van der Waals surface area contributed by atoms with Crippen LogP contribution in [0.25, 0.3) is 0 Å². The molecule has 1 aromatic heterocycles. The topological polar surface area (TPSA) is 142 Å². The number of hydrogen-bond acceptors (Lipinski definition) is 8. The van der Waals surface area contributed by atoms with Gasteiger partial charge in [-0.05, 0) is 30.7 Å². The minimum Gasteiger partial charge on any atom is -0.445 e. The van der Waals surface area contributed by atoms with Gasteiger partial charge in [0.05, 0.1) is 13.2 Å². The summed E-state index contributed by atoms with van der Waals surface area (Å²) in [5.41, 5.74) is 0.804. The van der Waals surface area contributed by atoms with Gasteiger partial charge in [-0.25, -0.2) is 9.59 Å². The van der Waals surface area contributed by atoms with Gasteiger partial charge in [-0.3, -0.25) is 9.59 Å². The van der Waals surface area contributed by atoms with Crippen molar-refractivity contribution in [3.05, 3.63) is 52.3 Å². The Hall–Kier alpha value is -3.47. The number of alkyl carbamates (subject to hydrolysis) is 1. The van der Waals surface area contributed by atoms with Gasteiger partial charge < -0.3 is 24.5 Å². The monoisotopic (exact) mass is 504 g/mol. The third-order valence-corrected chi connectivity index (χ3v) is 5.01. The van der Waals surface area contributed by atoms with Gasteiger partial charge in [0.25, 0.3) is 5.89 Å². The van der Waals surface area contributed by atoms with Crippen LogP contribution in [-0.2, 0) is 27.4 Å². The summed E-state index contributed by atoms with van der Waals surface area (Å²) in [6.07, 6.45) is -0.453. The summed E-state index contributed by atoms with van der Waals surface area (Å²) in [6.45, 7) is 9.80. The summed E-state index contributed by atoms with van der Waals surface area (Å²) in [5, 5.41) is 9.16. The van der Waals surface area contributed by atoms with Gasteiger partial charge in [-0.2, -0.15) is 4.68 Å². The van der Waals surface area contributed by atoms with Crippen molar-refractivity contribution in [2.75, 3.05) is 13.2 Å². The van der Waals surface area contributed by atoms with Gasteiger partial charge in [0.2, 0.25) is 11.7 Å². The van der Waals surface area contributed by atoms with Gasteiger partial charge in [-0.1, -0.05) is 58.0 Å². The molecule has 2 atom stereocenters. The maximum absolute atomic E-state index is 13.1. The van der Waals surface area contributed by atoms with E-state index in [1.54, 1.807) is 6.92 Å². The van der Waals surface area contributed by atoms with Crippen molar-refractivity contribution in [3.8, 4) is 0 Å². The smallest absolute Gasteiger partial charge is 0.437 e. The van der Waals surface area contributed by atoms with E-state index in [9.17, 15) is 19.2 Å². The molecule has 36 heavy (non-hydrogen) atoms. The molecule has 0 saturated carbocycles. The summed E-state index contributed by atoms with van der Waals surface area (Å²) in [4.78, 5) is 50.6. The number of carbonyl (C=O) groups is 3. The Labute approximate surface area is 210 Å². The van der Waals surface area contributed by atoms with Crippen LogP contribution in [0.5, 0.6) is 0 Å². The summed E-state index contributed by atoms with van der Waals surface area (Å²) < 4.78 is 16.7. The molecule has 0 aliphatic heterocycles. The molecule has 0 aliphatic rings. The van der Waals surface area contributed by atoms with Crippen LogP contribution in [0.3, 0.4) is 0 Å². The third kappa shape index (κ3) is 9.29. The van der Waals surface area contributed by atoms with E-state index in [2.05, 4.69) is 15.7 Å². The molecule has 0 radical (unpaired) electrons. The van der Waals surface area contributed by atoms with Crippen molar-refractivity contribution in [2.45, 2.75) is 66.3 Å². The van der Waals surface area contributed by atoms with Gasteiger partial charge in [0.15, 0.2) is 0 Å². The summed E-state index contributed by atoms with van der Waals surface area (Å²) >= 11 is 0. The SMILES string of the molecule is CCOC[C@H](NC(=O)[C@H](CC(C)C)NC(=O)OCc1ccccc1)C(=O)c1nn(CC(C)C)c(=O)o1. The van der Waals surface area contributed by atoms with E-state index >= 15 is 0 Å². The van der Waals surface area contributed by atoms with Crippen LogP contribution in [0, 0.1) is 11.8 Å². The first kappa shape index (κ1) is 28.8. The average Bonchev–Trinajstić information content (AvgIpc) is 3.19. The molecular formula is C25H36N4O7. The highest BCUT2D eigenvalue weighted by atomic mass is 16.5. The summed E-state index contributed by atoms with van der Waals surface area (Å²) in [7, 11) is 0. The highest BCUT2D eigenvalue weighted by molar-refractivity contribution is 5.99. The third-order valence-electron chi connectivity index (χ3n) is 5.01. The normalized spacial score (nSPS) is 12.9. The molecule has 198 valence electrons. The van der Waals surface area contributed by atoms with Gasteiger partial charge in [-0.15, -0.1) is 5.10 Å². The predicted molar refractivity (Wildman–Crippen MR) is 131 cm³/mol. The molecule has 0 aliphatic carbocycles. The number of nitrogens with one attached hydrogen (secondary N) is 2. The van der Waals surface area contributed by atoms with E-state index in [1.165, 1.54) is 0 Å². The second kappa shape index (κ2) is 14.2. The lowest BCUT2D eigenvalue weighted by Crippen LogP contribution is -2.53. The number of ether oxygens (including phenoxy) is 2. The van der Waals surface area contributed by atoms with Crippen molar-refractivity contribution >= 4 is 17.8 Å². The number of aromatic nitrogens is 2. The lowest BCUT2D eigenvalue weighted by molar-refractivity contribution is -0.124. The van der Waals surface area contributed by atoms with Crippen molar-refractivity contribution < 1.29 is 28.3 Å². The molecule has 2 aromatic rings. The van der Waals surface area contributed by atoms with Crippen molar-refractivity contribution in [3.63, 3.8) is 0 Å². The number of nitrogens with zero attached hydrogens (tertiary/aromatic N) is 2. The van der Waals surface area contributed by atoms with E-state index in [1.807, 2.05) is 58.0 Å². The van der Waals surface area contributed by atoms with Crippen molar-refractivity contribution in [1.29, 1.82) is 0 Å². The minimum absolute atomic E-state index is 0.0478. The van der Waals surface area contributed by atoms with Crippen LogP contribution >= 0.6 is 0 Å². The summed E-state index contributed by atoms with van der Waals surface area (Å²) in [5.74, 6) is -2.30. The fraction of sp³-hybridized carbons (Fsp3) is 0.560. The Balaban J connectivity index is 2.11. The van der Waals surface area contributed by atoms with Crippen LogP contribution in [0.2, 0.25) is 0 Å². The van der Waals surface area contributed by atoms with Gasteiger partial charge >= 0.3 is 11.8 Å². The Morgan fingerprint density at radius 1 is 1.03 bits per heavy atom. The Morgan fingerprint density at radius 2 is 1.72 bits per heavy atom. The van der Waals surface area contributed by atoms with E-state index in [-0.39, 0.29) is 31.6 Å². The Kier molecular flexibility index (Phi) is 11.3. The number of Topliss-reactive ketones (excluding diaryl/α,β-unsaturated/α-hetero) is 1. The fourth-order valence-electron chi connectivity index (χ4n) is 3.32. The number of carbonyl (C=O) groups excluding carboxylic acids is 3. The molecule has 11 nitrogen and oxygen atoms in total. The zero-order chi connectivity index (χ0) is 26.7. The molecule has 2 rings (SSSR count). The maximum atomic E-state index is 13.1. The molecule has 0 fully saturated rings. The molecule has 2 amide bonds. The van der Waals surface area contributed by atoms with Crippen LogP contribution in [0.15, 0.2) is 39.5 Å². The van der Waals surface area contributed by atoms with Crippen LogP contribution in [0.1, 0.15) is 57.3 Å². The van der Waals surface area contributed by atoms with E-state index in [4.69, 9.17) is 13.9 Å². The standard InChI is InChI=1S/C25H36N4O7/c1-6-34-15-20(21(30)23-28-29(13-17(4)5)25(33)36-23)26-22(31)19(12-16(2)3)27-24(32)35-14-18-10-8-7-9-11-18/h7-11,16-17,19-20H,6,12-15H2,1-5H3,(H,26,31)(H,27,32)/t19-,20-/m0/s1. The molecule has 1 aromatic carbocycles. The molecule has 1 heterocycles. The largest absolute Gasteiger partial charge is 0.445 e. The zero-order valence-electron chi connectivity index (χ0n) is 21.5. The molecule has 2 N–H and O–H groups in total. The average molecular weight is 505 g/mol. The Bertz CT molecular complexity index is 1050. The first-order valence-corrected chi connectivity index (χ1v) is 12.1.